The fraction of sp³-hybridized carbons (Fsp3) is 0.706. The molecule has 2 aliphatic rings. The van der Waals surface area contributed by atoms with Crippen molar-refractivity contribution in [1.29, 1.82) is 0 Å². The fourth-order valence-electron chi connectivity index (χ4n) is 3.18. The number of aliphatic imine (C=N–C) groups is 1. The highest BCUT2D eigenvalue weighted by atomic mass is 127. The van der Waals surface area contributed by atoms with Crippen LogP contribution in [-0.2, 0) is 6.54 Å². The average Bonchev–Trinajstić information content (AvgIpc) is 2.98. The summed E-state index contributed by atoms with van der Waals surface area (Å²) in [6, 6.07) is 4.37. The molecule has 1 saturated heterocycles. The van der Waals surface area contributed by atoms with Gasteiger partial charge in [-0.25, -0.2) is 0 Å². The molecule has 0 unspecified atom stereocenters. The standard InChI is InChI=1S/C17H28N4S.HI/c18-17(19-11-14-3-1-4-14)20-12-15-6-8-21(9-7-15)13-16-5-2-10-22-16;/h2,5,10,14-15H,1,3-4,6-9,11-13H2,(H3,18,19,20);1H. The number of thiophene rings is 1. The molecule has 3 rings (SSSR count). The zero-order chi connectivity index (χ0) is 15.2. The van der Waals surface area contributed by atoms with Crippen molar-refractivity contribution in [3.05, 3.63) is 22.4 Å². The number of piperidine rings is 1. The van der Waals surface area contributed by atoms with Crippen LogP contribution < -0.4 is 11.1 Å². The number of nitrogens with two attached hydrogens (primary N) is 1. The normalized spacial score (nSPS) is 20.8. The highest BCUT2D eigenvalue weighted by Crippen LogP contribution is 2.26. The fourth-order valence-corrected chi connectivity index (χ4v) is 3.93. The molecule has 0 bridgehead atoms. The molecule has 0 aromatic carbocycles. The van der Waals surface area contributed by atoms with E-state index in [1.165, 1.54) is 50.1 Å². The molecule has 23 heavy (non-hydrogen) atoms. The SMILES string of the molecule is I.NC(=NCC1CCC1)NCC1CCN(Cc2cccs2)CC1. The van der Waals surface area contributed by atoms with Crippen molar-refractivity contribution in [2.75, 3.05) is 26.2 Å². The molecule has 1 saturated carbocycles. The third kappa shape index (κ3) is 6.23. The number of halogens is 1. The van der Waals surface area contributed by atoms with Gasteiger partial charge in [0, 0.05) is 24.5 Å². The quantitative estimate of drug-likeness (QED) is 0.399. The van der Waals surface area contributed by atoms with E-state index >= 15 is 0 Å². The number of nitrogens with one attached hydrogen (secondary N) is 1. The maximum absolute atomic E-state index is 5.97. The molecular formula is C17H29IN4S. The van der Waals surface area contributed by atoms with Crippen LogP contribution in [0.2, 0.25) is 0 Å². The minimum atomic E-state index is 0. The highest BCUT2D eigenvalue weighted by Gasteiger charge is 2.20. The molecule has 1 aromatic rings. The average molecular weight is 448 g/mol. The Morgan fingerprint density at radius 2 is 2.04 bits per heavy atom. The van der Waals surface area contributed by atoms with Gasteiger partial charge in [0.05, 0.1) is 0 Å². The van der Waals surface area contributed by atoms with Gasteiger partial charge in [-0.1, -0.05) is 12.5 Å². The summed E-state index contributed by atoms with van der Waals surface area (Å²) in [5.41, 5.74) is 5.97. The lowest BCUT2D eigenvalue weighted by molar-refractivity contribution is 0.179. The molecule has 6 heteroatoms. The van der Waals surface area contributed by atoms with E-state index in [1.807, 2.05) is 11.3 Å². The predicted molar refractivity (Wildman–Crippen MR) is 110 cm³/mol. The van der Waals surface area contributed by atoms with Crippen LogP contribution in [0.5, 0.6) is 0 Å². The summed E-state index contributed by atoms with van der Waals surface area (Å²) in [5, 5.41) is 5.49. The van der Waals surface area contributed by atoms with Crippen molar-refractivity contribution in [2.45, 2.75) is 38.6 Å². The van der Waals surface area contributed by atoms with Gasteiger partial charge >= 0.3 is 0 Å². The first-order valence-electron chi connectivity index (χ1n) is 8.58. The van der Waals surface area contributed by atoms with Gasteiger partial charge in [-0.15, -0.1) is 35.3 Å². The molecular weight excluding hydrogens is 419 g/mol. The molecule has 130 valence electrons. The van der Waals surface area contributed by atoms with Gasteiger partial charge in [0.25, 0.3) is 0 Å². The second-order valence-corrected chi connectivity index (χ2v) is 7.73. The van der Waals surface area contributed by atoms with E-state index in [4.69, 9.17) is 5.73 Å². The van der Waals surface area contributed by atoms with Crippen LogP contribution in [0.15, 0.2) is 22.5 Å². The smallest absolute Gasteiger partial charge is 0.188 e. The number of nitrogens with zero attached hydrogens (tertiary/aromatic N) is 2. The Morgan fingerprint density at radius 3 is 2.65 bits per heavy atom. The Kier molecular flexibility index (Phi) is 8.12. The summed E-state index contributed by atoms with van der Waals surface area (Å²) in [6.07, 6.45) is 6.55. The van der Waals surface area contributed by atoms with E-state index < -0.39 is 0 Å². The number of hydrogen-bond donors (Lipinski definition) is 2. The Bertz CT molecular complexity index is 465. The molecule has 0 radical (unpaired) electrons. The summed E-state index contributed by atoms with van der Waals surface area (Å²) in [4.78, 5) is 8.51. The van der Waals surface area contributed by atoms with Crippen molar-refractivity contribution in [3.63, 3.8) is 0 Å². The summed E-state index contributed by atoms with van der Waals surface area (Å²) in [6.45, 7) is 5.40. The van der Waals surface area contributed by atoms with Gasteiger partial charge in [0.2, 0.25) is 0 Å². The molecule has 4 nitrogen and oxygen atoms in total. The third-order valence-corrected chi connectivity index (χ3v) is 5.84. The third-order valence-electron chi connectivity index (χ3n) is 4.98. The summed E-state index contributed by atoms with van der Waals surface area (Å²) in [5.74, 6) is 2.17. The predicted octanol–water partition coefficient (Wildman–Crippen LogP) is 3.28. The van der Waals surface area contributed by atoms with E-state index in [1.54, 1.807) is 0 Å². The second-order valence-electron chi connectivity index (χ2n) is 6.70. The lowest BCUT2D eigenvalue weighted by Gasteiger charge is -2.31. The van der Waals surface area contributed by atoms with Gasteiger partial charge in [-0.2, -0.15) is 0 Å². The molecule has 1 aliphatic heterocycles. The Hall–Kier alpha value is -0.340. The van der Waals surface area contributed by atoms with Gasteiger partial charge in [-0.3, -0.25) is 9.89 Å². The molecule has 1 aromatic heterocycles. The molecule has 2 fully saturated rings. The minimum Gasteiger partial charge on any atom is -0.370 e. The van der Waals surface area contributed by atoms with Crippen molar-refractivity contribution >= 4 is 41.3 Å². The topological polar surface area (TPSA) is 53.6 Å². The molecule has 0 spiro atoms. The number of guanidine groups is 1. The monoisotopic (exact) mass is 448 g/mol. The number of likely N-dealkylation sites (tertiary alicyclic amines) is 1. The first-order valence-corrected chi connectivity index (χ1v) is 9.46. The van der Waals surface area contributed by atoms with Crippen molar-refractivity contribution in [1.82, 2.24) is 10.2 Å². The van der Waals surface area contributed by atoms with Gasteiger partial charge in [0.1, 0.15) is 0 Å². The number of hydrogen-bond acceptors (Lipinski definition) is 3. The van der Waals surface area contributed by atoms with E-state index in [2.05, 4.69) is 32.7 Å². The van der Waals surface area contributed by atoms with Crippen LogP contribution in [0, 0.1) is 11.8 Å². The van der Waals surface area contributed by atoms with E-state index in [-0.39, 0.29) is 24.0 Å². The lowest BCUT2D eigenvalue weighted by Crippen LogP contribution is -2.40. The van der Waals surface area contributed by atoms with Crippen LogP contribution in [0.4, 0.5) is 0 Å². The Morgan fingerprint density at radius 1 is 1.26 bits per heavy atom. The largest absolute Gasteiger partial charge is 0.370 e. The molecule has 0 amide bonds. The van der Waals surface area contributed by atoms with Crippen LogP contribution in [0.1, 0.15) is 37.0 Å². The van der Waals surface area contributed by atoms with E-state index in [9.17, 15) is 0 Å². The lowest BCUT2D eigenvalue weighted by atomic mass is 9.86. The molecule has 1 aliphatic carbocycles. The summed E-state index contributed by atoms with van der Waals surface area (Å²) < 4.78 is 0. The Balaban J connectivity index is 0.00000192. The van der Waals surface area contributed by atoms with Crippen LogP contribution in [0.3, 0.4) is 0 Å². The molecule has 3 N–H and O–H groups in total. The summed E-state index contributed by atoms with van der Waals surface area (Å²) in [7, 11) is 0. The van der Waals surface area contributed by atoms with Gasteiger partial charge in [0.15, 0.2) is 5.96 Å². The van der Waals surface area contributed by atoms with Crippen molar-refractivity contribution < 1.29 is 0 Å². The second kappa shape index (κ2) is 9.84. The van der Waals surface area contributed by atoms with E-state index in [0.717, 1.165) is 31.5 Å². The van der Waals surface area contributed by atoms with Crippen molar-refractivity contribution in [2.24, 2.45) is 22.6 Å². The first-order chi connectivity index (χ1) is 10.8. The zero-order valence-corrected chi connectivity index (χ0v) is 16.9. The molecule has 0 atom stereocenters. The minimum absolute atomic E-state index is 0. The van der Waals surface area contributed by atoms with Crippen LogP contribution >= 0.6 is 35.3 Å². The number of rotatable bonds is 6. The molecule has 2 heterocycles. The highest BCUT2D eigenvalue weighted by molar-refractivity contribution is 14.0. The Labute approximate surface area is 160 Å². The van der Waals surface area contributed by atoms with Crippen LogP contribution in [-0.4, -0.2) is 37.0 Å². The van der Waals surface area contributed by atoms with Gasteiger partial charge in [-0.05, 0) is 62.1 Å². The summed E-state index contributed by atoms with van der Waals surface area (Å²) >= 11 is 1.86. The van der Waals surface area contributed by atoms with Gasteiger partial charge < -0.3 is 11.1 Å². The maximum Gasteiger partial charge on any atom is 0.188 e. The van der Waals surface area contributed by atoms with Crippen molar-refractivity contribution in [3.8, 4) is 0 Å². The maximum atomic E-state index is 5.97. The van der Waals surface area contributed by atoms with E-state index in [0.29, 0.717) is 5.96 Å². The first kappa shape index (κ1) is 19.0. The zero-order valence-electron chi connectivity index (χ0n) is 13.7. The van der Waals surface area contributed by atoms with Crippen LogP contribution in [0.25, 0.3) is 0 Å².